The minimum Gasteiger partial charge on any atom is -0.395 e. The van der Waals surface area contributed by atoms with E-state index in [-0.39, 0.29) is 30.2 Å². The lowest BCUT2D eigenvalue weighted by atomic mass is 10.0. The van der Waals surface area contributed by atoms with E-state index < -0.39 is 35.8 Å². The zero-order chi connectivity index (χ0) is 22.1. The summed E-state index contributed by atoms with van der Waals surface area (Å²) in [4.78, 5) is 18.0. The summed E-state index contributed by atoms with van der Waals surface area (Å²) in [5.41, 5.74) is -2.81. The van der Waals surface area contributed by atoms with Crippen LogP contribution in [0.5, 0.6) is 11.5 Å². The third-order valence-corrected chi connectivity index (χ3v) is 5.07. The van der Waals surface area contributed by atoms with Gasteiger partial charge in [-0.1, -0.05) is 0 Å². The van der Waals surface area contributed by atoms with E-state index in [0.29, 0.717) is 12.6 Å². The molecule has 0 radical (unpaired) electrons. The van der Waals surface area contributed by atoms with Gasteiger partial charge in [0.1, 0.15) is 0 Å². The smallest absolute Gasteiger partial charge is 0.395 e. The van der Waals surface area contributed by atoms with Gasteiger partial charge in [0.05, 0.1) is 24.5 Å². The highest BCUT2D eigenvalue weighted by Crippen LogP contribution is 2.42. The molecule has 2 aliphatic rings. The van der Waals surface area contributed by atoms with E-state index in [1.165, 1.54) is 27.8 Å². The number of imidazole rings is 1. The second kappa shape index (κ2) is 6.30. The van der Waals surface area contributed by atoms with Gasteiger partial charge < -0.3 is 24.0 Å². The zero-order valence-electron chi connectivity index (χ0n) is 15.7. The molecule has 2 unspecified atom stereocenters. The predicted molar refractivity (Wildman–Crippen MR) is 89.9 cm³/mol. The predicted octanol–water partition coefficient (Wildman–Crippen LogP) is 3.19. The van der Waals surface area contributed by atoms with Crippen LogP contribution in [0.25, 0.3) is 0 Å². The van der Waals surface area contributed by atoms with Crippen LogP contribution in [0.4, 0.5) is 22.0 Å². The van der Waals surface area contributed by atoms with Crippen molar-refractivity contribution in [3.05, 3.63) is 41.5 Å². The summed E-state index contributed by atoms with van der Waals surface area (Å²) < 4.78 is 76.0. The number of fused-ring (bicyclic) bond motifs is 2. The summed E-state index contributed by atoms with van der Waals surface area (Å²) in [6.45, 7) is 2.15. The topological polar surface area (TPSA) is 76.8 Å². The van der Waals surface area contributed by atoms with E-state index in [9.17, 15) is 31.9 Å². The Morgan fingerprint density at radius 2 is 1.93 bits per heavy atom. The number of benzene rings is 1. The molecule has 2 atom stereocenters. The van der Waals surface area contributed by atoms with Crippen molar-refractivity contribution >= 4 is 5.91 Å². The first-order valence-corrected chi connectivity index (χ1v) is 8.85. The monoisotopic (exact) mass is 433 g/mol. The van der Waals surface area contributed by atoms with Crippen LogP contribution in [0.2, 0.25) is 0 Å². The fraction of sp³-hybridized carbons (Fsp3) is 0.444. The number of ether oxygens (including phenoxy) is 2. The lowest BCUT2D eigenvalue weighted by Crippen LogP contribution is -2.45. The van der Waals surface area contributed by atoms with Gasteiger partial charge in [0.25, 0.3) is 5.91 Å². The largest absolute Gasteiger partial charge is 0.586 e. The number of rotatable bonds is 2. The highest BCUT2D eigenvalue weighted by molar-refractivity contribution is 5.95. The molecule has 1 aromatic heterocycles. The molecule has 0 saturated carbocycles. The SMILES string of the molecule is CC1CN(C(=O)c2ccc3c(c2)OC(F)(F)O3)Cc2cnc(C(C)(O)C(F)(F)F)n21. The van der Waals surface area contributed by atoms with Gasteiger partial charge in [-0.15, -0.1) is 8.78 Å². The Morgan fingerprint density at radius 1 is 1.27 bits per heavy atom. The van der Waals surface area contributed by atoms with Crippen molar-refractivity contribution in [2.24, 2.45) is 0 Å². The van der Waals surface area contributed by atoms with Gasteiger partial charge in [0.2, 0.25) is 5.60 Å². The van der Waals surface area contributed by atoms with Crippen LogP contribution in [0.3, 0.4) is 0 Å². The molecule has 12 heteroatoms. The van der Waals surface area contributed by atoms with Crippen molar-refractivity contribution in [2.45, 2.75) is 44.5 Å². The number of nitrogens with zero attached hydrogens (tertiary/aromatic N) is 3. The highest BCUT2D eigenvalue weighted by Gasteiger charge is 2.55. The highest BCUT2D eigenvalue weighted by atomic mass is 19.4. The molecule has 2 aromatic rings. The van der Waals surface area contributed by atoms with E-state index in [1.54, 1.807) is 6.92 Å². The molecular formula is C18H16F5N3O4. The summed E-state index contributed by atoms with van der Waals surface area (Å²) in [6, 6.07) is 2.97. The van der Waals surface area contributed by atoms with Gasteiger partial charge in [-0.3, -0.25) is 4.79 Å². The minimum absolute atomic E-state index is 0.0216. The van der Waals surface area contributed by atoms with Crippen LogP contribution < -0.4 is 9.47 Å². The molecule has 0 aliphatic carbocycles. The van der Waals surface area contributed by atoms with E-state index in [4.69, 9.17) is 0 Å². The van der Waals surface area contributed by atoms with Crippen molar-refractivity contribution in [2.75, 3.05) is 6.54 Å². The Kier molecular flexibility index (Phi) is 4.28. The summed E-state index contributed by atoms with van der Waals surface area (Å²) in [5.74, 6) is -1.58. The van der Waals surface area contributed by atoms with Crippen LogP contribution in [-0.2, 0) is 12.1 Å². The molecule has 7 nitrogen and oxygen atoms in total. The molecular weight excluding hydrogens is 417 g/mol. The maximum atomic E-state index is 13.2. The van der Waals surface area contributed by atoms with E-state index in [2.05, 4.69) is 14.5 Å². The van der Waals surface area contributed by atoms with E-state index in [1.807, 2.05) is 0 Å². The van der Waals surface area contributed by atoms with E-state index >= 15 is 0 Å². The zero-order valence-corrected chi connectivity index (χ0v) is 15.7. The van der Waals surface area contributed by atoms with Crippen LogP contribution in [0, 0.1) is 0 Å². The Balaban J connectivity index is 1.60. The number of aliphatic hydroxyl groups is 1. The first-order chi connectivity index (χ1) is 13.8. The molecule has 30 heavy (non-hydrogen) atoms. The number of alkyl halides is 5. The van der Waals surface area contributed by atoms with Gasteiger partial charge >= 0.3 is 12.5 Å². The van der Waals surface area contributed by atoms with Crippen LogP contribution in [-0.4, -0.2) is 44.5 Å². The summed E-state index contributed by atoms with van der Waals surface area (Å²) in [7, 11) is 0. The van der Waals surface area contributed by atoms with Crippen LogP contribution in [0.15, 0.2) is 24.4 Å². The summed E-state index contributed by atoms with van der Waals surface area (Å²) in [6.07, 6.45) is -7.58. The molecule has 4 rings (SSSR count). The summed E-state index contributed by atoms with van der Waals surface area (Å²) in [5, 5.41) is 9.99. The molecule has 2 aliphatic heterocycles. The standard InChI is InChI=1S/C18H16F5N3O4/c1-9-7-25(8-11-6-24-15(26(9)11)16(2,28)17(19,20)21)14(27)10-3-4-12-13(5-10)30-18(22,23)29-12/h3-6,9,28H,7-8H2,1-2H3. The maximum Gasteiger partial charge on any atom is 0.586 e. The molecule has 3 heterocycles. The number of halogens is 5. The van der Waals surface area contributed by atoms with Gasteiger partial charge in [-0.25, -0.2) is 4.98 Å². The van der Waals surface area contributed by atoms with Crippen molar-refractivity contribution in [1.29, 1.82) is 0 Å². The van der Waals surface area contributed by atoms with Gasteiger partial charge in [-0.05, 0) is 32.0 Å². The molecule has 0 bridgehead atoms. The van der Waals surface area contributed by atoms with Gasteiger partial charge in [-0.2, -0.15) is 13.2 Å². The number of carbonyl (C=O) groups excluding carboxylic acids is 1. The Morgan fingerprint density at radius 3 is 2.60 bits per heavy atom. The third-order valence-electron chi connectivity index (χ3n) is 5.07. The van der Waals surface area contributed by atoms with Crippen LogP contribution in [0.1, 0.15) is 41.8 Å². The van der Waals surface area contributed by atoms with Gasteiger partial charge in [0.15, 0.2) is 17.3 Å². The Hall–Kier alpha value is -2.89. The number of hydrogen-bond donors (Lipinski definition) is 1. The first kappa shape index (κ1) is 20.4. The number of carbonyl (C=O) groups is 1. The lowest BCUT2D eigenvalue weighted by molar-refractivity contribution is -0.286. The number of aromatic nitrogens is 2. The molecule has 0 spiro atoms. The molecule has 0 saturated heterocycles. The van der Waals surface area contributed by atoms with Crippen molar-refractivity contribution in [3.63, 3.8) is 0 Å². The molecule has 1 amide bonds. The van der Waals surface area contributed by atoms with Crippen molar-refractivity contribution in [3.8, 4) is 11.5 Å². The number of amides is 1. The number of hydrogen-bond acceptors (Lipinski definition) is 5. The maximum absolute atomic E-state index is 13.2. The third kappa shape index (κ3) is 3.15. The average molecular weight is 433 g/mol. The van der Waals surface area contributed by atoms with Gasteiger partial charge in [0, 0.05) is 12.1 Å². The molecule has 162 valence electrons. The first-order valence-electron chi connectivity index (χ1n) is 8.85. The Bertz CT molecular complexity index is 1020. The Labute approximate surface area is 166 Å². The van der Waals surface area contributed by atoms with Crippen molar-refractivity contribution in [1.82, 2.24) is 14.5 Å². The second-order valence-corrected chi connectivity index (χ2v) is 7.38. The molecule has 0 fully saturated rings. The van der Waals surface area contributed by atoms with E-state index in [0.717, 1.165) is 6.07 Å². The lowest BCUT2D eigenvalue weighted by Gasteiger charge is -2.36. The summed E-state index contributed by atoms with van der Waals surface area (Å²) >= 11 is 0. The average Bonchev–Trinajstić information content (AvgIpc) is 3.19. The quantitative estimate of drug-likeness (QED) is 0.737. The fourth-order valence-electron chi connectivity index (χ4n) is 3.57. The normalized spacial score (nSPS) is 21.9. The van der Waals surface area contributed by atoms with Crippen LogP contribution >= 0.6 is 0 Å². The second-order valence-electron chi connectivity index (χ2n) is 7.38. The molecule has 1 aromatic carbocycles. The minimum atomic E-state index is -4.93. The fourth-order valence-corrected chi connectivity index (χ4v) is 3.57. The van der Waals surface area contributed by atoms with Crippen molar-refractivity contribution < 1.29 is 41.3 Å². The molecule has 1 N–H and O–H groups in total.